The van der Waals surface area contributed by atoms with E-state index in [9.17, 15) is 9.18 Å². The zero-order valence-electron chi connectivity index (χ0n) is 8.03. The van der Waals surface area contributed by atoms with Gasteiger partial charge in [0, 0.05) is 12.2 Å². The Hall–Kier alpha value is -1.64. The molecule has 0 atom stereocenters. The zero-order valence-corrected chi connectivity index (χ0v) is 8.03. The maximum Gasteiger partial charge on any atom is 0.250 e. The van der Waals surface area contributed by atoms with Crippen LogP contribution >= 0.6 is 0 Å². The average molecular weight is 193 g/mol. The fraction of sp³-hybridized carbons (Fsp3) is 0.182. The maximum atomic E-state index is 12.6. The number of halogens is 1. The number of carbonyl (C=O) groups excluding carboxylic acids is 1. The van der Waals surface area contributed by atoms with Crippen molar-refractivity contribution in [3.05, 3.63) is 42.7 Å². The molecule has 1 amide bonds. The Morgan fingerprint density at radius 2 is 2.07 bits per heavy atom. The lowest BCUT2D eigenvalue weighted by Crippen LogP contribution is -2.28. The monoisotopic (exact) mass is 193 g/mol. The van der Waals surface area contributed by atoms with Crippen LogP contribution in [0.4, 0.5) is 10.1 Å². The third kappa shape index (κ3) is 2.19. The lowest BCUT2D eigenvalue weighted by atomic mass is 10.2. The molecule has 74 valence electrons. The van der Waals surface area contributed by atoms with Gasteiger partial charge in [0.15, 0.2) is 0 Å². The minimum absolute atomic E-state index is 0.181. The Balaban J connectivity index is 2.95. The van der Waals surface area contributed by atoms with Crippen LogP contribution in [0.2, 0.25) is 0 Å². The maximum absolute atomic E-state index is 12.6. The summed E-state index contributed by atoms with van der Waals surface area (Å²) in [5.74, 6) is -0.491. The summed E-state index contributed by atoms with van der Waals surface area (Å²) in [7, 11) is 0. The van der Waals surface area contributed by atoms with Gasteiger partial charge in [-0.2, -0.15) is 0 Å². The van der Waals surface area contributed by atoms with Gasteiger partial charge in [-0.3, -0.25) is 4.79 Å². The highest BCUT2D eigenvalue weighted by Crippen LogP contribution is 2.14. The molecule has 0 radical (unpaired) electrons. The number of nitrogens with zero attached hydrogens (tertiary/aromatic N) is 1. The first-order valence-electron chi connectivity index (χ1n) is 4.38. The molecule has 2 nitrogen and oxygen atoms in total. The molecule has 1 aromatic rings. The highest BCUT2D eigenvalue weighted by atomic mass is 19.1. The second kappa shape index (κ2) is 4.56. The van der Waals surface area contributed by atoms with Crippen LogP contribution in [0.5, 0.6) is 0 Å². The van der Waals surface area contributed by atoms with Gasteiger partial charge in [-0.15, -0.1) is 0 Å². The summed E-state index contributed by atoms with van der Waals surface area (Å²) in [5.41, 5.74) is 0.679. The van der Waals surface area contributed by atoms with E-state index in [0.717, 1.165) is 0 Å². The third-order valence-corrected chi connectivity index (χ3v) is 1.90. The van der Waals surface area contributed by atoms with Gasteiger partial charge in [0.2, 0.25) is 5.91 Å². The van der Waals surface area contributed by atoms with Crippen molar-refractivity contribution < 1.29 is 9.18 Å². The smallest absolute Gasteiger partial charge is 0.250 e. The summed E-state index contributed by atoms with van der Waals surface area (Å²) in [4.78, 5) is 12.9. The van der Waals surface area contributed by atoms with Gasteiger partial charge in [-0.25, -0.2) is 4.39 Å². The molecule has 0 unspecified atom stereocenters. The Kier molecular flexibility index (Phi) is 3.40. The first kappa shape index (κ1) is 10.4. The van der Waals surface area contributed by atoms with Crippen LogP contribution < -0.4 is 4.90 Å². The summed E-state index contributed by atoms with van der Waals surface area (Å²) in [6.07, 6.45) is 1.24. The SMILES string of the molecule is C=CC(=O)N(CC)c1ccc(F)cc1. The lowest BCUT2D eigenvalue weighted by Gasteiger charge is -2.18. The highest BCUT2D eigenvalue weighted by molar-refractivity contribution is 6.00. The standard InChI is InChI=1S/C11H12FNO/c1-3-11(14)13(4-2)10-7-5-9(12)6-8-10/h3,5-8H,1,4H2,2H3. The minimum atomic E-state index is -0.309. The molecule has 0 N–H and O–H groups in total. The van der Waals surface area contributed by atoms with Gasteiger partial charge >= 0.3 is 0 Å². The normalized spacial score (nSPS) is 9.57. The van der Waals surface area contributed by atoms with E-state index in [0.29, 0.717) is 12.2 Å². The molecule has 1 aromatic carbocycles. The van der Waals surface area contributed by atoms with E-state index in [1.807, 2.05) is 6.92 Å². The Labute approximate surface area is 82.7 Å². The summed E-state index contributed by atoms with van der Waals surface area (Å²) in [6, 6.07) is 5.79. The van der Waals surface area contributed by atoms with Crippen molar-refractivity contribution in [2.45, 2.75) is 6.92 Å². The molecule has 0 heterocycles. The van der Waals surface area contributed by atoms with Crippen LogP contribution in [0.3, 0.4) is 0 Å². The second-order valence-corrected chi connectivity index (χ2v) is 2.76. The number of amides is 1. The zero-order chi connectivity index (χ0) is 10.6. The third-order valence-electron chi connectivity index (χ3n) is 1.90. The lowest BCUT2D eigenvalue weighted by molar-refractivity contribution is -0.114. The first-order valence-corrected chi connectivity index (χ1v) is 4.38. The van der Waals surface area contributed by atoms with Crippen molar-refractivity contribution in [2.24, 2.45) is 0 Å². The van der Waals surface area contributed by atoms with E-state index in [1.165, 1.54) is 23.1 Å². The Morgan fingerprint density at radius 1 is 1.50 bits per heavy atom. The van der Waals surface area contributed by atoms with E-state index >= 15 is 0 Å². The van der Waals surface area contributed by atoms with Crippen molar-refractivity contribution >= 4 is 11.6 Å². The fourth-order valence-corrected chi connectivity index (χ4v) is 1.20. The molecule has 0 spiro atoms. The number of carbonyl (C=O) groups is 1. The number of anilines is 1. The molecule has 0 aliphatic heterocycles. The van der Waals surface area contributed by atoms with Crippen LogP contribution in [0.25, 0.3) is 0 Å². The molecular formula is C11H12FNO. The predicted octanol–water partition coefficient (Wildman–Crippen LogP) is 2.36. The van der Waals surface area contributed by atoms with Crippen LogP contribution in [0.15, 0.2) is 36.9 Å². The van der Waals surface area contributed by atoms with Gasteiger partial charge in [0.25, 0.3) is 0 Å². The number of hydrogen-bond donors (Lipinski definition) is 0. The molecule has 0 saturated heterocycles. The quantitative estimate of drug-likeness (QED) is 0.675. The Morgan fingerprint density at radius 3 is 2.50 bits per heavy atom. The minimum Gasteiger partial charge on any atom is -0.309 e. The van der Waals surface area contributed by atoms with Crippen LogP contribution in [-0.2, 0) is 4.79 Å². The van der Waals surface area contributed by atoms with E-state index < -0.39 is 0 Å². The highest BCUT2D eigenvalue weighted by Gasteiger charge is 2.09. The topological polar surface area (TPSA) is 20.3 Å². The van der Waals surface area contributed by atoms with Crippen molar-refractivity contribution in [1.82, 2.24) is 0 Å². The summed E-state index contributed by atoms with van der Waals surface area (Å²) in [5, 5.41) is 0. The molecule has 0 aliphatic carbocycles. The van der Waals surface area contributed by atoms with Crippen molar-refractivity contribution in [2.75, 3.05) is 11.4 Å². The molecular weight excluding hydrogens is 181 g/mol. The molecule has 0 aromatic heterocycles. The van der Waals surface area contributed by atoms with E-state index in [-0.39, 0.29) is 11.7 Å². The molecule has 3 heteroatoms. The molecule has 0 bridgehead atoms. The van der Waals surface area contributed by atoms with Gasteiger partial charge in [-0.05, 0) is 37.3 Å². The number of rotatable bonds is 3. The van der Waals surface area contributed by atoms with Gasteiger partial charge in [0.05, 0.1) is 0 Å². The number of benzene rings is 1. The van der Waals surface area contributed by atoms with Crippen LogP contribution in [0, 0.1) is 5.82 Å². The second-order valence-electron chi connectivity index (χ2n) is 2.76. The van der Waals surface area contributed by atoms with Gasteiger partial charge in [0.1, 0.15) is 5.82 Å². The van der Waals surface area contributed by atoms with Crippen molar-refractivity contribution in [3.63, 3.8) is 0 Å². The molecule has 0 fully saturated rings. The van der Waals surface area contributed by atoms with Crippen LogP contribution in [0.1, 0.15) is 6.92 Å². The average Bonchev–Trinajstić information content (AvgIpc) is 2.21. The first-order chi connectivity index (χ1) is 6.69. The molecule has 0 saturated carbocycles. The molecule has 14 heavy (non-hydrogen) atoms. The van der Waals surface area contributed by atoms with Crippen molar-refractivity contribution in [3.8, 4) is 0 Å². The van der Waals surface area contributed by atoms with E-state index in [2.05, 4.69) is 6.58 Å². The largest absolute Gasteiger partial charge is 0.309 e. The van der Waals surface area contributed by atoms with E-state index in [4.69, 9.17) is 0 Å². The van der Waals surface area contributed by atoms with Crippen LogP contribution in [-0.4, -0.2) is 12.5 Å². The Bertz CT molecular complexity index is 332. The number of hydrogen-bond acceptors (Lipinski definition) is 1. The number of likely N-dealkylation sites (N-methyl/N-ethyl adjacent to an activating group) is 1. The van der Waals surface area contributed by atoms with E-state index in [1.54, 1.807) is 12.1 Å². The van der Waals surface area contributed by atoms with Gasteiger partial charge in [-0.1, -0.05) is 6.58 Å². The summed E-state index contributed by atoms with van der Waals surface area (Å²) >= 11 is 0. The fourth-order valence-electron chi connectivity index (χ4n) is 1.20. The summed E-state index contributed by atoms with van der Waals surface area (Å²) in [6.45, 7) is 5.80. The van der Waals surface area contributed by atoms with Gasteiger partial charge < -0.3 is 4.90 Å². The summed E-state index contributed by atoms with van der Waals surface area (Å²) < 4.78 is 12.6. The molecule has 1 rings (SSSR count). The molecule has 0 aliphatic rings. The van der Waals surface area contributed by atoms with Crippen molar-refractivity contribution in [1.29, 1.82) is 0 Å². The predicted molar refractivity (Wildman–Crippen MR) is 54.6 cm³/mol.